The van der Waals surface area contributed by atoms with E-state index in [4.69, 9.17) is 0 Å². The molecule has 0 saturated carbocycles. The fraction of sp³-hybridized carbons (Fsp3) is 0.278. The molecule has 28 heavy (non-hydrogen) atoms. The molecule has 1 amide bonds. The molecule has 2 aromatic carbocycles. The van der Waals surface area contributed by atoms with Gasteiger partial charge in [0, 0.05) is 32.2 Å². The van der Waals surface area contributed by atoms with Crippen LogP contribution in [0.1, 0.15) is 5.56 Å². The summed E-state index contributed by atoms with van der Waals surface area (Å²) in [4.78, 5) is 24.0. The van der Waals surface area contributed by atoms with Crippen LogP contribution in [0.15, 0.2) is 53.4 Å². The van der Waals surface area contributed by atoms with E-state index in [2.05, 4.69) is 0 Å². The molecular weight excluding hydrogens is 389 g/mol. The number of carbonyl (C=O) groups excluding carboxylic acids is 1. The van der Waals surface area contributed by atoms with Crippen molar-refractivity contribution in [1.82, 2.24) is 9.21 Å². The summed E-state index contributed by atoms with van der Waals surface area (Å²) in [5.41, 5.74) is 0.193. The topological polar surface area (TPSA) is 101 Å². The first-order valence-electron chi connectivity index (χ1n) is 8.55. The normalized spacial score (nSPS) is 15.4. The van der Waals surface area contributed by atoms with Crippen molar-refractivity contribution in [2.24, 2.45) is 0 Å². The molecule has 0 bridgehead atoms. The number of para-hydroxylation sites is 1. The molecule has 8 nitrogen and oxygen atoms in total. The third-order valence-electron chi connectivity index (χ3n) is 4.54. The summed E-state index contributed by atoms with van der Waals surface area (Å²) in [6.45, 7) is 0.451. The average Bonchev–Trinajstić information content (AvgIpc) is 2.69. The van der Waals surface area contributed by atoms with E-state index in [-0.39, 0.29) is 49.2 Å². The van der Waals surface area contributed by atoms with Gasteiger partial charge >= 0.3 is 0 Å². The van der Waals surface area contributed by atoms with Crippen LogP contribution in [0.4, 0.5) is 10.1 Å². The molecular formula is C18H18FN3O5S. The van der Waals surface area contributed by atoms with Gasteiger partial charge in [0.15, 0.2) is 4.90 Å². The minimum absolute atomic E-state index is 0.0452. The lowest BCUT2D eigenvalue weighted by Crippen LogP contribution is -2.50. The zero-order valence-corrected chi connectivity index (χ0v) is 15.6. The van der Waals surface area contributed by atoms with Crippen molar-refractivity contribution >= 4 is 21.6 Å². The van der Waals surface area contributed by atoms with E-state index in [9.17, 15) is 27.7 Å². The highest BCUT2D eigenvalue weighted by molar-refractivity contribution is 7.89. The maximum Gasteiger partial charge on any atom is 0.289 e. The molecule has 148 valence electrons. The summed E-state index contributed by atoms with van der Waals surface area (Å²) in [6, 6.07) is 10.8. The van der Waals surface area contributed by atoms with Crippen molar-refractivity contribution < 1.29 is 22.5 Å². The van der Waals surface area contributed by atoms with Crippen molar-refractivity contribution in [3.8, 4) is 0 Å². The molecule has 1 saturated heterocycles. The van der Waals surface area contributed by atoms with Gasteiger partial charge < -0.3 is 4.90 Å². The quantitative estimate of drug-likeness (QED) is 0.556. The number of nitro benzene ring substituents is 1. The summed E-state index contributed by atoms with van der Waals surface area (Å²) >= 11 is 0. The molecule has 1 aliphatic heterocycles. The Bertz CT molecular complexity index is 987. The second kappa shape index (κ2) is 8.03. The zero-order chi connectivity index (χ0) is 20.3. The largest absolute Gasteiger partial charge is 0.340 e. The van der Waals surface area contributed by atoms with Crippen LogP contribution in [0.25, 0.3) is 0 Å². The van der Waals surface area contributed by atoms with Gasteiger partial charge in [-0.25, -0.2) is 12.8 Å². The average molecular weight is 407 g/mol. The molecule has 1 aliphatic rings. The van der Waals surface area contributed by atoms with E-state index in [1.165, 1.54) is 47.4 Å². The second-order valence-corrected chi connectivity index (χ2v) is 8.22. The Balaban J connectivity index is 1.67. The van der Waals surface area contributed by atoms with Gasteiger partial charge in [-0.1, -0.05) is 24.3 Å². The number of rotatable bonds is 5. The van der Waals surface area contributed by atoms with Gasteiger partial charge in [0.25, 0.3) is 5.69 Å². The maximum atomic E-state index is 13.0. The second-order valence-electron chi connectivity index (χ2n) is 6.31. The lowest BCUT2D eigenvalue weighted by molar-refractivity contribution is -0.387. The Kier molecular flexibility index (Phi) is 5.71. The van der Waals surface area contributed by atoms with Crippen LogP contribution in [0.5, 0.6) is 0 Å². The Hall–Kier alpha value is -2.85. The van der Waals surface area contributed by atoms with Crippen LogP contribution in [0.2, 0.25) is 0 Å². The summed E-state index contributed by atoms with van der Waals surface area (Å²) in [6.07, 6.45) is 0.0944. The summed E-state index contributed by atoms with van der Waals surface area (Å²) in [7, 11) is -4.04. The van der Waals surface area contributed by atoms with Crippen LogP contribution >= 0.6 is 0 Å². The van der Waals surface area contributed by atoms with Crippen molar-refractivity contribution in [2.45, 2.75) is 11.3 Å². The SMILES string of the molecule is O=C(Cc1ccc(F)cc1)N1CCN(S(=O)(=O)c2ccccc2[N+](=O)[O-])CC1. The molecule has 0 unspecified atom stereocenters. The number of carbonyl (C=O) groups is 1. The first kappa shape index (κ1) is 19.9. The molecule has 0 aliphatic carbocycles. The number of sulfonamides is 1. The molecule has 1 heterocycles. The van der Waals surface area contributed by atoms with Crippen molar-refractivity contribution in [1.29, 1.82) is 0 Å². The lowest BCUT2D eigenvalue weighted by atomic mass is 10.1. The van der Waals surface area contributed by atoms with Crippen LogP contribution < -0.4 is 0 Å². The van der Waals surface area contributed by atoms with E-state index in [1.54, 1.807) is 0 Å². The number of nitrogens with zero attached hydrogens (tertiary/aromatic N) is 3. The van der Waals surface area contributed by atoms with Crippen LogP contribution in [0, 0.1) is 15.9 Å². The number of nitro groups is 1. The molecule has 10 heteroatoms. The fourth-order valence-electron chi connectivity index (χ4n) is 3.03. The minimum Gasteiger partial charge on any atom is -0.340 e. The molecule has 0 atom stereocenters. The van der Waals surface area contributed by atoms with Crippen molar-refractivity contribution in [3.63, 3.8) is 0 Å². The number of hydrogen-bond acceptors (Lipinski definition) is 5. The zero-order valence-electron chi connectivity index (χ0n) is 14.8. The Morgan fingerprint density at radius 2 is 1.64 bits per heavy atom. The first-order valence-corrected chi connectivity index (χ1v) is 9.99. The van der Waals surface area contributed by atoms with Gasteiger partial charge in [-0.15, -0.1) is 0 Å². The summed E-state index contributed by atoms with van der Waals surface area (Å²) in [5, 5.41) is 11.1. The van der Waals surface area contributed by atoms with E-state index >= 15 is 0 Å². The van der Waals surface area contributed by atoms with Crippen LogP contribution in [-0.2, 0) is 21.2 Å². The van der Waals surface area contributed by atoms with E-state index < -0.39 is 20.6 Å². The molecule has 3 rings (SSSR count). The summed E-state index contributed by atoms with van der Waals surface area (Å²) < 4.78 is 39.7. The number of halogens is 1. The fourth-order valence-corrected chi connectivity index (χ4v) is 4.61. The van der Waals surface area contributed by atoms with Crippen molar-refractivity contribution in [2.75, 3.05) is 26.2 Å². The minimum atomic E-state index is -4.04. The third kappa shape index (κ3) is 4.18. The number of benzene rings is 2. The molecule has 1 fully saturated rings. The van der Waals surface area contributed by atoms with Gasteiger partial charge in [-0.2, -0.15) is 4.31 Å². The van der Waals surface area contributed by atoms with Crippen molar-refractivity contribution in [3.05, 3.63) is 70.0 Å². The Morgan fingerprint density at radius 1 is 1.04 bits per heavy atom. The molecule has 0 N–H and O–H groups in total. The highest BCUT2D eigenvalue weighted by Gasteiger charge is 2.34. The molecule has 2 aromatic rings. The van der Waals surface area contributed by atoms with Gasteiger partial charge in [0.1, 0.15) is 5.82 Å². The predicted molar refractivity (Wildman–Crippen MR) is 98.5 cm³/mol. The predicted octanol–water partition coefficient (Wildman–Crippen LogP) is 1.81. The Labute approximate surface area is 161 Å². The number of piperazine rings is 1. The molecule has 0 spiro atoms. The number of hydrogen-bond donors (Lipinski definition) is 0. The smallest absolute Gasteiger partial charge is 0.289 e. The molecule has 0 aromatic heterocycles. The summed E-state index contributed by atoms with van der Waals surface area (Å²) in [5.74, 6) is -0.570. The van der Waals surface area contributed by atoms with Gasteiger partial charge in [-0.3, -0.25) is 14.9 Å². The Morgan fingerprint density at radius 3 is 2.25 bits per heavy atom. The van der Waals surface area contributed by atoms with E-state index in [0.717, 1.165) is 10.4 Å². The van der Waals surface area contributed by atoms with E-state index in [0.29, 0.717) is 5.56 Å². The highest BCUT2D eigenvalue weighted by atomic mass is 32.2. The van der Waals surface area contributed by atoms with Gasteiger partial charge in [-0.05, 0) is 23.8 Å². The first-order chi connectivity index (χ1) is 13.3. The number of amides is 1. The van der Waals surface area contributed by atoms with E-state index in [1.807, 2.05) is 0 Å². The monoisotopic (exact) mass is 407 g/mol. The van der Waals surface area contributed by atoms with Crippen LogP contribution in [0.3, 0.4) is 0 Å². The highest BCUT2D eigenvalue weighted by Crippen LogP contribution is 2.27. The maximum absolute atomic E-state index is 13.0. The van der Waals surface area contributed by atoms with Gasteiger partial charge in [0.05, 0.1) is 11.3 Å². The van der Waals surface area contributed by atoms with Gasteiger partial charge in [0.2, 0.25) is 15.9 Å². The molecule has 0 radical (unpaired) electrons. The van der Waals surface area contributed by atoms with Crippen LogP contribution in [-0.4, -0.2) is 54.6 Å². The third-order valence-corrected chi connectivity index (χ3v) is 6.49. The standard InChI is InChI=1S/C18H18FN3O5S/c19-15-7-5-14(6-8-15)13-18(23)20-9-11-21(12-10-20)28(26,27)17-4-2-1-3-16(17)22(24)25/h1-8H,9-13H2. The lowest BCUT2D eigenvalue weighted by Gasteiger charge is -2.34.